The van der Waals surface area contributed by atoms with Gasteiger partial charge in [0, 0.05) is 6.54 Å². The first kappa shape index (κ1) is 15.8. The molecule has 0 bridgehead atoms. The Morgan fingerprint density at radius 1 is 1.38 bits per heavy atom. The molecule has 1 aliphatic carbocycles. The number of ether oxygens (including phenoxy) is 1. The minimum Gasteiger partial charge on any atom is -0.491 e. The van der Waals surface area contributed by atoms with Crippen LogP contribution in [-0.2, 0) is 4.79 Å². The molecule has 5 nitrogen and oxygen atoms in total. The number of likely N-dealkylation sites (N-methyl/N-ethyl adjacent to an activating group) is 1. The van der Waals surface area contributed by atoms with Gasteiger partial charge < -0.3 is 15.6 Å². The fourth-order valence-electron chi connectivity index (χ4n) is 3.03. The van der Waals surface area contributed by atoms with Gasteiger partial charge in [-0.25, -0.2) is 0 Å². The minimum absolute atomic E-state index is 0.198. The van der Waals surface area contributed by atoms with Crippen LogP contribution in [0.4, 0.5) is 0 Å². The van der Waals surface area contributed by atoms with Crippen LogP contribution in [0.15, 0.2) is 30.3 Å². The number of hydrogen-bond donors (Lipinski definition) is 2. The second-order valence-corrected chi connectivity index (χ2v) is 5.76. The maximum Gasteiger partial charge on any atom is 0.237 e. The van der Waals surface area contributed by atoms with Gasteiger partial charge in [-0.1, -0.05) is 31.0 Å². The highest BCUT2D eigenvalue weighted by atomic mass is 16.5. The lowest BCUT2D eigenvalue weighted by Crippen LogP contribution is -2.56. The van der Waals surface area contributed by atoms with Gasteiger partial charge in [-0.05, 0) is 32.0 Å². The number of aliphatic hydroxyl groups is 1. The highest BCUT2D eigenvalue weighted by molar-refractivity contribution is 5.85. The number of benzene rings is 1. The van der Waals surface area contributed by atoms with Crippen LogP contribution in [-0.4, -0.2) is 47.8 Å². The molecule has 1 amide bonds. The number of aliphatic hydroxyl groups excluding tert-OH is 1. The Morgan fingerprint density at radius 2 is 2.00 bits per heavy atom. The molecule has 2 rings (SSSR count). The fourth-order valence-corrected chi connectivity index (χ4v) is 3.03. The van der Waals surface area contributed by atoms with Crippen molar-refractivity contribution >= 4 is 5.91 Å². The molecule has 5 heteroatoms. The summed E-state index contributed by atoms with van der Waals surface area (Å²) in [4.78, 5) is 13.7. The van der Waals surface area contributed by atoms with Gasteiger partial charge in [0.15, 0.2) is 0 Å². The number of β-amino-alcohol motifs (C(OH)–C–C–N with tert-alkyl or cyclic N) is 1. The monoisotopic (exact) mass is 292 g/mol. The minimum atomic E-state index is -0.660. The topological polar surface area (TPSA) is 75.8 Å². The summed E-state index contributed by atoms with van der Waals surface area (Å²) in [6.45, 7) is 0.568. The van der Waals surface area contributed by atoms with Crippen molar-refractivity contribution in [2.75, 3.05) is 20.2 Å². The molecular weight excluding hydrogens is 268 g/mol. The fraction of sp³-hybridized carbons (Fsp3) is 0.562. The lowest BCUT2D eigenvalue weighted by atomic mass is 9.94. The zero-order valence-corrected chi connectivity index (χ0v) is 12.5. The van der Waals surface area contributed by atoms with E-state index in [1.54, 1.807) is 0 Å². The van der Waals surface area contributed by atoms with Crippen LogP contribution in [0.5, 0.6) is 5.75 Å². The second kappa shape index (κ2) is 6.91. The largest absolute Gasteiger partial charge is 0.491 e. The van der Waals surface area contributed by atoms with Crippen LogP contribution in [0.25, 0.3) is 0 Å². The molecule has 116 valence electrons. The standard InChI is InChI=1S/C16H24N2O3/c1-18(16(15(17)20)9-5-6-10-16)11-13(19)12-21-14-7-3-2-4-8-14/h2-4,7-8,13,19H,5-6,9-12H2,1H3,(H2,17,20). The van der Waals surface area contributed by atoms with Gasteiger partial charge in [0.25, 0.3) is 0 Å². The van der Waals surface area contributed by atoms with E-state index < -0.39 is 11.6 Å². The highest BCUT2D eigenvalue weighted by Crippen LogP contribution is 2.34. The third kappa shape index (κ3) is 3.74. The van der Waals surface area contributed by atoms with Gasteiger partial charge in [-0.2, -0.15) is 0 Å². The quantitative estimate of drug-likeness (QED) is 0.790. The number of carbonyl (C=O) groups is 1. The predicted molar refractivity (Wildman–Crippen MR) is 81.0 cm³/mol. The van der Waals surface area contributed by atoms with Crippen molar-refractivity contribution in [1.82, 2.24) is 4.90 Å². The van der Waals surface area contributed by atoms with E-state index in [2.05, 4.69) is 0 Å². The lowest BCUT2D eigenvalue weighted by molar-refractivity contribution is -0.130. The number of carbonyl (C=O) groups excluding carboxylic acids is 1. The van der Waals surface area contributed by atoms with Crippen molar-refractivity contribution in [2.24, 2.45) is 5.73 Å². The van der Waals surface area contributed by atoms with Crippen molar-refractivity contribution in [3.05, 3.63) is 30.3 Å². The SMILES string of the molecule is CN(CC(O)COc1ccccc1)C1(C(N)=O)CCCC1. The van der Waals surface area contributed by atoms with Crippen LogP contribution in [0.3, 0.4) is 0 Å². The number of amides is 1. The van der Waals surface area contributed by atoms with Gasteiger partial charge >= 0.3 is 0 Å². The molecule has 0 heterocycles. The summed E-state index contributed by atoms with van der Waals surface area (Å²) >= 11 is 0. The maximum absolute atomic E-state index is 11.8. The van der Waals surface area contributed by atoms with E-state index >= 15 is 0 Å². The van der Waals surface area contributed by atoms with E-state index in [9.17, 15) is 9.90 Å². The Hall–Kier alpha value is -1.59. The molecular formula is C16H24N2O3. The molecule has 0 aromatic heterocycles. The number of para-hydroxylation sites is 1. The van der Waals surface area contributed by atoms with Crippen molar-refractivity contribution in [3.8, 4) is 5.75 Å². The third-order valence-electron chi connectivity index (χ3n) is 4.29. The number of primary amides is 1. The van der Waals surface area contributed by atoms with Crippen molar-refractivity contribution in [3.63, 3.8) is 0 Å². The molecule has 1 aromatic rings. The van der Waals surface area contributed by atoms with Crippen molar-refractivity contribution in [2.45, 2.75) is 37.3 Å². The first-order chi connectivity index (χ1) is 10.0. The Labute approximate surface area is 125 Å². The molecule has 1 fully saturated rings. The van der Waals surface area contributed by atoms with Crippen LogP contribution < -0.4 is 10.5 Å². The summed E-state index contributed by atoms with van der Waals surface area (Å²) < 4.78 is 5.53. The zero-order chi connectivity index (χ0) is 15.3. The summed E-state index contributed by atoms with van der Waals surface area (Å²) in [5, 5.41) is 10.1. The summed E-state index contributed by atoms with van der Waals surface area (Å²) in [6.07, 6.45) is 2.89. The lowest BCUT2D eigenvalue weighted by Gasteiger charge is -2.37. The van der Waals surface area contributed by atoms with Gasteiger partial charge in [0.05, 0.1) is 5.54 Å². The highest BCUT2D eigenvalue weighted by Gasteiger charge is 2.43. The first-order valence-corrected chi connectivity index (χ1v) is 7.42. The van der Waals surface area contributed by atoms with E-state index in [-0.39, 0.29) is 12.5 Å². The summed E-state index contributed by atoms with van der Waals surface area (Å²) in [5.74, 6) is 0.434. The van der Waals surface area contributed by atoms with E-state index in [1.165, 1.54) is 0 Å². The Bertz CT molecular complexity index is 458. The van der Waals surface area contributed by atoms with Gasteiger partial charge in [0.1, 0.15) is 18.5 Å². The van der Waals surface area contributed by atoms with Crippen molar-refractivity contribution < 1.29 is 14.6 Å². The van der Waals surface area contributed by atoms with E-state index in [4.69, 9.17) is 10.5 Å². The van der Waals surface area contributed by atoms with Gasteiger partial charge in [-0.15, -0.1) is 0 Å². The summed E-state index contributed by atoms with van der Waals surface area (Å²) in [6, 6.07) is 9.37. The van der Waals surface area contributed by atoms with Crippen LogP contribution in [0, 0.1) is 0 Å². The Kier molecular flexibility index (Phi) is 5.20. The summed E-state index contributed by atoms with van der Waals surface area (Å²) in [7, 11) is 1.85. The van der Waals surface area contributed by atoms with E-state index in [1.807, 2.05) is 42.3 Å². The smallest absolute Gasteiger partial charge is 0.237 e. The second-order valence-electron chi connectivity index (χ2n) is 5.76. The molecule has 3 N–H and O–H groups in total. The Balaban J connectivity index is 1.86. The van der Waals surface area contributed by atoms with Gasteiger partial charge in [0.2, 0.25) is 5.91 Å². The number of nitrogens with two attached hydrogens (primary N) is 1. The molecule has 21 heavy (non-hydrogen) atoms. The van der Waals surface area contributed by atoms with Crippen LogP contribution in [0.1, 0.15) is 25.7 Å². The zero-order valence-electron chi connectivity index (χ0n) is 12.5. The van der Waals surface area contributed by atoms with Crippen LogP contribution >= 0.6 is 0 Å². The normalized spacial score (nSPS) is 18.6. The number of rotatable bonds is 7. The first-order valence-electron chi connectivity index (χ1n) is 7.42. The molecule has 0 aliphatic heterocycles. The summed E-state index contributed by atoms with van der Waals surface area (Å²) in [5.41, 5.74) is 4.98. The average Bonchev–Trinajstić information content (AvgIpc) is 2.97. The predicted octanol–water partition coefficient (Wildman–Crippen LogP) is 1.16. The maximum atomic E-state index is 11.8. The molecule has 0 spiro atoms. The molecule has 1 aliphatic rings. The van der Waals surface area contributed by atoms with Crippen molar-refractivity contribution in [1.29, 1.82) is 0 Å². The van der Waals surface area contributed by atoms with Crippen LogP contribution in [0.2, 0.25) is 0 Å². The van der Waals surface area contributed by atoms with Gasteiger partial charge in [-0.3, -0.25) is 9.69 Å². The molecule has 1 saturated carbocycles. The van der Waals surface area contributed by atoms with E-state index in [0.29, 0.717) is 6.54 Å². The average molecular weight is 292 g/mol. The Morgan fingerprint density at radius 3 is 2.57 bits per heavy atom. The third-order valence-corrected chi connectivity index (χ3v) is 4.29. The molecule has 0 saturated heterocycles. The number of nitrogens with zero attached hydrogens (tertiary/aromatic N) is 1. The molecule has 0 radical (unpaired) electrons. The molecule has 1 unspecified atom stereocenters. The number of hydrogen-bond acceptors (Lipinski definition) is 4. The molecule has 1 aromatic carbocycles. The van der Waals surface area contributed by atoms with E-state index in [0.717, 1.165) is 31.4 Å². The molecule has 1 atom stereocenters.